The summed E-state index contributed by atoms with van der Waals surface area (Å²) >= 11 is 0. The number of hydrogen-bond acceptors (Lipinski definition) is 4. The zero-order valence-electron chi connectivity index (χ0n) is 10.8. The fraction of sp³-hybridized carbons (Fsp3) is 0.385. The largest absolute Gasteiger partial charge is 0.354 e. The van der Waals surface area contributed by atoms with Crippen molar-refractivity contribution in [1.82, 2.24) is 10.6 Å². The first kappa shape index (κ1) is 14.0. The van der Waals surface area contributed by atoms with E-state index < -0.39 is 10.8 Å². The normalized spacial score (nSPS) is 13.6. The van der Waals surface area contributed by atoms with Gasteiger partial charge in [0.2, 0.25) is 5.91 Å². The second-order valence-electron chi connectivity index (χ2n) is 4.63. The van der Waals surface area contributed by atoms with Crippen molar-refractivity contribution in [2.45, 2.75) is 12.8 Å². The lowest BCUT2D eigenvalue weighted by Crippen LogP contribution is -2.35. The van der Waals surface area contributed by atoms with E-state index in [-0.39, 0.29) is 23.1 Å². The van der Waals surface area contributed by atoms with Gasteiger partial charge in [0, 0.05) is 36.7 Å². The van der Waals surface area contributed by atoms with Crippen molar-refractivity contribution in [2.75, 3.05) is 13.1 Å². The van der Waals surface area contributed by atoms with Crippen LogP contribution in [-0.2, 0) is 4.79 Å². The van der Waals surface area contributed by atoms with Gasteiger partial charge in [0.15, 0.2) is 0 Å². The lowest BCUT2D eigenvalue weighted by atomic mass is 10.2. The molecule has 1 saturated carbocycles. The van der Waals surface area contributed by atoms with Crippen LogP contribution in [0.1, 0.15) is 23.2 Å². The number of amides is 2. The topological polar surface area (TPSA) is 101 Å². The Labute approximate surface area is 115 Å². The first-order valence-corrected chi connectivity index (χ1v) is 6.38. The Morgan fingerprint density at radius 1 is 1.25 bits per heavy atom. The van der Waals surface area contributed by atoms with E-state index in [0.29, 0.717) is 13.1 Å². The quantitative estimate of drug-likeness (QED) is 0.457. The highest BCUT2D eigenvalue weighted by Crippen LogP contribution is 2.28. The third kappa shape index (κ3) is 3.78. The molecule has 0 saturated heterocycles. The number of nitrogens with one attached hydrogen (secondary N) is 2. The van der Waals surface area contributed by atoms with Crippen LogP contribution in [0.5, 0.6) is 0 Å². The number of nitro benzene ring substituents is 1. The summed E-state index contributed by atoms with van der Waals surface area (Å²) in [5, 5.41) is 15.9. The van der Waals surface area contributed by atoms with Gasteiger partial charge in [-0.1, -0.05) is 6.07 Å². The highest BCUT2D eigenvalue weighted by molar-refractivity contribution is 5.94. The number of nitrogens with zero attached hydrogens (tertiary/aromatic N) is 1. The monoisotopic (exact) mass is 277 g/mol. The van der Waals surface area contributed by atoms with Crippen molar-refractivity contribution in [3.05, 3.63) is 39.9 Å². The SMILES string of the molecule is O=C(NCCNC(=O)C1CC1)c1cccc([N+](=O)[O-])c1. The van der Waals surface area contributed by atoms with Crippen LogP contribution in [0.2, 0.25) is 0 Å². The number of carbonyl (C=O) groups excluding carboxylic acids is 2. The number of rotatable bonds is 6. The Kier molecular flexibility index (Phi) is 4.29. The van der Waals surface area contributed by atoms with Crippen LogP contribution in [0.25, 0.3) is 0 Å². The first-order chi connectivity index (χ1) is 9.58. The van der Waals surface area contributed by atoms with E-state index in [0.717, 1.165) is 12.8 Å². The highest BCUT2D eigenvalue weighted by atomic mass is 16.6. The Hall–Kier alpha value is -2.44. The summed E-state index contributed by atoms with van der Waals surface area (Å²) in [4.78, 5) is 33.2. The summed E-state index contributed by atoms with van der Waals surface area (Å²) < 4.78 is 0. The van der Waals surface area contributed by atoms with Gasteiger partial charge in [-0.3, -0.25) is 19.7 Å². The van der Waals surface area contributed by atoms with Gasteiger partial charge in [-0.05, 0) is 18.9 Å². The van der Waals surface area contributed by atoms with E-state index in [1.54, 1.807) is 0 Å². The van der Waals surface area contributed by atoms with Gasteiger partial charge >= 0.3 is 0 Å². The average molecular weight is 277 g/mol. The molecule has 20 heavy (non-hydrogen) atoms. The second kappa shape index (κ2) is 6.14. The molecule has 0 aliphatic heterocycles. The van der Waals surface area contributed by atoms with Gasteiger partial charge in [-0.15, -0.1) is 0 Å². The van der Waals surface area contributed by atoms with Crippen LogP contribution < -0.4 is 10.6 Å². The number of hydrogen-bond donors (Lipinski definition) is 2. The molecule has 0 aromatic heterocycles. The molecule has 0 unspecified atom stereocenters. The average Bonchev–Trinajstić information content (AvgIpc) is 3.27. The number of nitro groups is 1. The Morgan fingerprint density at radius 3 is 2.60 bits per heavy atom. The standard InChI is InChI=1S/C13H15N3O4/c17-12(9-4-5-9)14-6-7-15-13(18)10-2-1-3-11(8-10)16(19)20/h1-3,8-9H,4-7H2,(H,14,17)(H,15,18). The van der Waals surface area contributed by atoms with Crippen molar-refractivity contribution >= 4 is 17.5 Å². The van der Waals surface area contributed by atoms with E-state index in [4.69, 9.17) is 0 Å². The molecule has 0 bridgehead atoms. The van der Waals surface area contributed by atoms with E-state index in [9.17, 15) is 19.7 Å². The lowest BCUT2D eigenvalue weighted by Gasteiger charge is -2.06. The fourth-order valence-electron chi connectivity index (χ4n) is 1.71. The van der Waals surface area contributed by atoms with E-state index >= 15 is 0 Å². The number of benzene rings is 1. The van der Waals surface area contributed by atoms with Crippen LogP contribution >= 0.6 is 0 Å². The van der Waals surface area contributed by atoms with Crippen LogP contribution in [0.15, 0.2) is 24.3 Å². The summed E-state index contributed by atoms with van der Waals surface area (Å²) in [5.74, 6) is -0.230. The van der Waals surface area contributed by atoms with Gasteiger partial charge in [-0.2, -0.15) is 0 Å². The van der Waals surface area contributed by atoms with Gasteiger partial charge in [0.25, 0.3) is 11.6 Å². The minimum absolute atomic E-state index is 0.0228. The first-order valence-electron chi connectivity index (χ1n) is 6.38. The van der Waals surface area contributed by atoms with E-state index in [1.807, 2.05) is 0 Å². The van der Waals surface area contributed by atoms with Crippen molar-refractivity contribution in [3.63, 3.8) is 0 Å². The molecule has 0 atom stereocenters. The maximum Gasteiger partial charge on any atom is 0.270 e. The smallest absolute Gasteiger partial charge is 0.270 e. The summed E-state index contributed by atoms with van der Waals surface area (Å²) in [6.45, 7) is 0.649. The second-order valence-corrected chi connectivity index (χ2v) is 4.63. The molecule has 1 aliphatic rings. The molecule has 1 aliphatic carbocycles. The minimum atomic E-state index is -0.549. The molecule has 0 heterocycles. The minimum Gasteiger partial charge on any atom is -0.354 e. The van der Waals surface area contributed by atoms with Crippen LogP contribution in [-0.4, -0.2) is 29.8 Å². The molecule has 0 spiro atoms. The molecule has 2 amide bonds. The Bertz CT molecular complexity index is 540. The van der Waals surface area contributed by atoms with Gasteiger partial charge in [0.05, 0.1) is 4.92 Å². The molecule has 0 radical (unpaired) electrons. The molecule has 1 aromatic rings. The molecule has 106 valence electrons. The molecule has 2 N–H and O–H groups in total. The Morgan fingerprint density at radius 2 is 1.95 bits per heavy atom. The molecular weight excluding hydrogens is 262 g/mol. The predicted octanol–water partition coefficient (Wildman–Crippen LogP) is 0.851. The van der Waals surface area contributed by atoms with Crippen LogP contribution in [0, 0.1) is 16.0 Å². The fourth-order valence-corrected chi connectivity index (χ4v) is 1.71. The maximum absolute atomic E-state index is 11.8. The molecule has 1 fully saturated rings. The van der Waals surface area contributed by atoms with E-state index in [1.165, 1.54) is 24.3 Å². The van der Waals surface area contributed by atoms with Crippen molar-refractivity contribution in [3.8, 4) is 0 Å². The predicted molar refractivity (Wildman–Crippen MR) is 71.2 cm³/mol. The van der Waals surface area contributed by atoms with Crippen molar-refractivity contribution in [2.24, 2.45) is 5.92 Å². The van der Waals surface area contributed by atoms with Crippen molar-refractivity contribution in [1.29, 1.82) is 0 Å². The Balaban J connectivity index is 1.77. The summed E-state index contributed by atoms with van der Waals surface area (Å²) in [7, 11) is 0. The van der Waals surface area contributed by atoms with Gasteiger partial charge in [0.1, 0.15) is 0 Å². The maximum atomic E-state index is 11.8. The zero-order valence-corrected chi connectivity index (χ0v) is 10.8. The van der Waals surface area contributed by atoms with Gasteiger partial charge < -0.3 is 10.6 Å². The summed E-state index contributed by atoms with van der Waals surface area (Å²) in [6, 6.07) is 5.51. The molecule has 7 heteroatoms. The third-order valence-electron chi connectivity index (χ3n) is 2.98. The molecule has 7 nitrogen and oxygen atoms in total. The number of non-ortho nitro benzene ring substituents is 1. The van der Waals surface area contributed by atoms with E-state index in [2.05, 4.69) is 10.6 Å². The summed E-state index contributed by atoms with van der Waals surface area (Å²) in [5.41, 5.74) is 0.104. The zero-order chi connectivity index (χ0) is 14.5. The lowest BCUT2D eigenvalue weighted by molar-refractivity contribution is -0.384. The molecular formula is C13H15N3O4. The highest BCUT2D eigenvalue weighted by Gasteiger charge is 2.28. The van der Waals surface area contributed by atoms with Crippen LogP contribution in [0.4, 0.5) is 5.69 Å². The van der Waals surface area contributed by atoms with Gasteiger partial charge in [-0.25, -0.2) is 0 Å². The van der Waals surface area contributed by atoms with Crippen molar-refractivity contribution < 1.29 is 14.5 Å². The molecule has 1 aromatic carbocycles. The number of carbonyl (C=O) groups is 2. The third-order valence-corrected chi connectivity index (χ3v) is 2.98. The van der Waals surface area contributed by atoms with Crippen LogP contribution in [0.3, 0.4) is 0 Å². The summed E-state index contributed by atoms with van der Waals surface area (Å²) in [6.07, 6.45) is 1.87. The molecule has 2 rings (SSSR count).